The van der Waals surface area contributed by atoms with Gasteiger partial charge in [-0.1, -0.05) is 169 Å². The van der Waals surface area contributed by atoms with Crippen molar-refractivity contribution >= 4 is 43.3 Å². The van der Waals surface area contributed by atoms with E-state index in [-0.39, 0.29) is 16.0 Å². The Morgan fingerprint density at radius 1 is 0.636 bits per heavy atom. The van der Waals surface area contributed by atoms with Gasteiger partial charge in [0.25, 0.3) is 22.5 Å². The van der Waals surface area contributed by atoms with E-state index in [1.807, 2.05) is 43.4 Å². The van der Waals surface area contributed by atoms with Crippen LogP contribution >= 0.6 is 0 Å². The van der Waals surface area contributed by atoms with Gasteiger partial charge in [0, 0.05) is 14.1 Å². The number of carbonyl (C=O) groups excluding carboxylic acids is 1. The molecule has 0 aromatic heterocycles. The summed E-state index contributed by atoms with van der Waals surface area (Å²) in [7, 11) is -1.59. The second-order valence-electron chi connectivity index (χ2n) is 12.8. The monoisotopic (exact) mass is 624 g/mol. The maximum Gasteiger partial charge on any atom is 0.296 e. The van der Waals surface area contributed by atoms with E-state index in [4.69, 9.17) is 9.05 Å². The van der Waals surface area contributed by atoms with E-state index >= 15 is 0 Å². The van der Waals surface area contributed by atoms with E-state index in [1.54, 1.807) is 7.05 Å². The number of carbonyl (C=O) groups is 1. The fraction of sp³-hybridized carbons (Fsp3) is 0.270. The van der Waals surface area contributed by atoms with Crippen LogP contribution in [0.1, 0.15) is 41.5 Å². The van der Waals surface area contributed by atoms with Gasteiger partial charge in [-0.3, -0.25) is 4.79 Å². The highest BCUT2D eigenvalue weighted by Crippen LogP contribution is 2.37. The van der Waals surface area contributed by atoms with Crippen molar-refractivity contribution in [2.45, 2.75) is 51.6 Å². The van der Waals surface area contributed by atoms with Gasteiger partial charge in [-0.2, -0.15) is 0 Å². The molecule has 0 bridgehead atoms. The highest BCUT2D eigenvalue weighted by Gasteiger charge is 2.53. The Labute approximate surface area is 266 Å². The van der Waals surface area contributed by atoms with Crippen LogP contribution in [0.3, 0.4) is 0 Å². The second kappa shape index (κ2) is 14.9. The van der Waals surface area contributed by atoms with Crippen LogP contribution in [-0.4, -0.2) is 41.7 Å². The highest BCUT2D eigenvalue weighted by atomic mass is 28.4. The molecular weight excluding hydrogens is 577 g/mol. The minimum atomic E-state index is -2.73. The van der Waals surface area contributed by atoms with E-state index in [9.17, 15) is 4.79 Å². The van der Waals surface area contributed by atoms with Crippen molar-refractivity contribution in [3.63, 3.8) is 0 Å². The highest BCUT2D eigenvalue weighted by molar-refractivity contribution is 7.00. The Morgan fingerprint density at radius 3 is 1.18 bits per heavy atom. The molecule has 0 saturated heterocycles. The van der Waals surface area contributed by atoms with Crippen molar-refractivity contribution in [1.29, 1.82) is 0 Å². The van der Waals surface area contributed by atoms with E-state index < -0.39 is 16.6 Å². The van der Waals surface area contributed by atoms with Gasteiger partial charge in [-0.15, -0.1) is 0 Å². The van der Waals surface area contributed by atoms with Gasteiger partial charge in [0.15, 0.2) is 0 Å². The van der Waals surface area contributed by atoms with E-state index in [0.717, 1.165) is 10.4 Å². The summed E-state index contributed by atoms with van der Waals surface area (Å²) in [4.78, 5) is 12.1. The van der Waals surface area contributed by atoms with Crippen molar-refractivity contribution in [2.24, 2.45) is 0 Å². The molecule has 0 atom stereocenters. The third-order valence-electron chi connectivity index (χ3n) is 7.85. The molecule has 0 spiro atoms. The van der Waals surface area contributed by atoms with Crippen molar-refractivity contribution in [3.8, 4) is 0 Å². The molecule has 1 N–H and O–H groups in total. The lowest BCUT2D eigenvalue weighted by molar-refractivity contribution is -0.148. The summed E-state index contributed by atoms with van der Waals surface area (Å²) in [6.45, 7) is 16.9. The summed E-state index contributed by atoms with van der Waals surface area (Å²) in [5, 5.41) is 6.01. The minimum Gasteiger partial charge on any atom is -0.334 e. The molecule has 4 aromatic rings. The van der Waals surface area contributed by atoms with Crippen molar-refractivity contribution in [3.05, 3.63) is 134 Å². The first kappa shape index (κ1) is 34.9. The molecular formula is C37H48N2O3Si2. The lowest BCUT2D eigenvalue weighted by Gasteiger charge is -2.44. The lowest BCUT2D eigenvalue weighted by atomic mass is 10.2. The Bertz CT molecular complexity index is 1370. The summed E-state index contributed by atoms with van der Waals surface area (Å²) in [5.74, 6) is -0.247. The van der Waals surface area contributed by atoms with Crippen LogP contribution in [0.15, 0.2) is 134 Å². The SMILES string of the molecule is C=CC(=O)N(C)O[Si](c1ccccc1)(c1ccccc1)C(C)(C)C.CNO[Si](c1ccccc1)(c1ccccc1)C(C)(C)C. The fourth-order valence-corrected chi connectivity index (χ4v) is 14.4. The summed E-state index contributed by atoms with van der Waals surface area (Å²) >= 11 is 0. The van der Waals surface area contributed by atoms with Gasteiger partial charge < -0.3 is 9.05 Å². The molecule has 232 valence electrons. The molecule has 4 rings (SSSR count). The van der Waals surface area contributed by atoms with Crippen molar-refractivity contribution in [1.82, 2.24) is 10.5 Å². The van der Waals surface area contributed by atoms with E-state index in [2.05, 4.69) is 139 Å². The molecule has 0 unspecified atom stereocenters. The van der Waals surface area contributed by atoms with Crippen LogP contribution in [0, 0.1) is 0 Å². The number of nitrogens with zero attached hydrogens (tertiary/aromatic N) is 1. The Kier molecular flexibility index (Phi) is 11.8. The molecule has 0 heterocycles. The van der Waals surface area contributed by atoms with Gasteiger partial charge in [-0.25, -0.2) is 10.5 Å². The number of hydroxylamine groups is 3. The van der Waals surface area contributed by atoms with Crippen LogP contribution in [-0.2, 0) is 13.8 Å². The number of nitrogens with one attached hydrogen (secondary N) is 1. The number of amides is 1. The van der Waals surface area contributed by atoms with E-state index in [1.165, 1.54) is 21.5 Å². The molecule has 1 amide bonds. The lowest BCUT2D eigenvalue weighted by Crippen LogP contribution is -2.68. The predicted molar refractivity (Wildman–Crippen MR) is 189 cm³/mol. The summed E-state index contributed by atoms with van der Waals surface area (Å²) in [5.41, 5.74) is 2.97. The summed E-state index contributed by atoms with van der Waals surface area (Å²) in [6, 6.07) is 41.6. The molecule has 4 aromatic carbocycles. The van der Waals surface area contributed by atoms with Crippen LogP contribution in [0.4, 0.5) is 0 Å². The number of hydrogen-bond donors (Lipinski definition) is 1. The number of likely N-dealkylation sites (N-methyl/N-ethyl adjacent to an activating group) is 1. The molecule has 0 aliphatic rings. The van der Waals surface area contributed by atoms with Gasteiger partial charge in [-0.05, 0) is 36.9 Å². The second-order valence-corrected chi connectivity index (χ2v) is 21.2. The first-order valence-corrected chi connectivity index (χ1v) is 18.8. The molecule has 0 saturated carbocycles. The van der Waals surface area contributed by atoms with E-state index in [0.29, 0.717) is 0 Å². The maximum atomic E-state index is 12.1. The third kappa shape index (κ3) is 7.37. The largest absolute Gasteiger partial charge is 0.334 e. The Balaban J connectivity index is 0.000000244. The molecule has 5 nitrogen and oxygen atoms in total. The maximum absolute atomic E-state index is 12.1. The molecule has 0 aliphatic carbocycles. The third-order valence-corrected chi connectivity index (χ3v) is 17.7. The average Bonchev–Trinajstić information content (AvgIpc) is 3.02. The van der Waals surface area contributed by atoms with Gasteiger partial charge in [0.05, 0.1) is 0 Å². The molecule has 0 aliphatic heterocycles. The molecule has 44 heavy (non-hydrogen) atoms. The molecule has 7 heteroatoms. The van der Waals surface area contributed by atoms with Crippen molar-refractivity contribution in [2.75, 3.05) is 14.1 Å². The molecule has 0 radical (unpaired) electrons. The number of hydrogen-bond acceptors (Lipinski definition) is 4. The average molecular weight is 625 g/mol. The van der Waals surface area contributed by atoms with Gasteiger partial charge >= 0.3 is 0 Å². The van der Waals surface area contributed by atoms with Crippen LogP contribution in [0.2, 0.25) is 10.1 Å². The van der Waals surface area contributed by atoms with Crippen LogP contribution < -0.4 is 26.2 Å². The van der Waals surface area contributed by atoms with Crippen LogP contribution in [0.5, 0.6) is 0 Å². The smallest absolute Gasteiger partial charge is 0.296 e. The normalized spacial score (nSPS) is 12.1. The predicted octanol–water partition coefficient (Wildman–Crippen LogP) is 5.82. The minimum absolute atomic E-state index is 0.0265. The topological polar surface area (TPSA) is 50.8 Å². The zero-order valence-corrected chi connectivity index (χ0v) is 29.5. The Hall–Kier alpha value is -3.60. The van der Waals surface area contributed by atoms with Crippen LogP contribution in [0.25, 0.3) is 0 Å². The zero-order chi connectivity index (χ0) is 32.4. The summed E-state index contributed by atoms with van der Waals surface area (Å²) in [6.07, 6.45) is 1.28. The number of rotatable bonds is 9. The number of benzene rings is 4. The Morgan fingerprint density at radius 2 is 0.932 bits per heavy atom. The van der Waals surface area contributed by atoms with Crippen molar-refractivity contribution < 1.29 is 13.8 Å². The quantitative estimate of drug-likeness (QED) is 0.145. The molecule has 0 fully saturated rings. The first-order valence-electron chi connectivity index (χ1n) is 15.0. The first-order chi connectivity index (χ1) is 20.8. The summed E-state index contributed by atoms with van der Waals surface area (Å²) < 4.78 is 12.7. The standard InChI is InChI=1S/C20H25NO2Si.C17H23NOSi/c1-6-19(22)21(5)23-24(20(2,3)4,17-13-9-7-10-14-17)18-15-11-8-12-16-18;1-17(2,3)20(19-18-4,15-11-7-5-8-12-15)16-13-9-6-10-14-16/h6-16H,1H2,2-5H3;5-14,18H,1-4H3. The van der Waals surface area contributed by atoms with Gasteiger partial charge in [0.2, 0.25) is 0 Å². The zero-order valence-electron chi connectivity index (χ0n) is 27.5. The van der Waals surface area contributed by atoms with Gasteiger partial charge in [0.1, 0.15) is 0 Å². The fourth-order valence-electron chi connectivity index (χ4n) is 5.80.